The zero-order valence-electron chi connectivity index (χ0n) is 8.61. The van der Waals surface area contributed by atoms with Crippen molar-refractivity contribution in [1.29, 1.82) is 0 Å². The number of amides is 1. The molecule has 0 bridgehead atoms. The smallest absolute Gasteiger partial charge is 0.383 e. The van der Waals surface area contributed by atoms with E-state index < -0.39 is 30.8 Å². The van der Waals surface area contributed by atoms with Crippen molar-refractivity contribution in [3.63, 3.8) is 0 Å². The molecule has 1 aromatic rings. The molecule has 0 aliphatic heterocycles. The average molecular weight is 269 g/mol. The Morgan fingerprint density at radius 2 is 2.11 bits per heavy atom. The van der Waals surface area contributed by atoms with Gasteiger partial charge in [-0.15, -0.1) is 0 Å². The third-order valence-electron chi connectivity index (χ3n) is 1.77. The lowest BCUT2D eigenvalue weighted by atomic mass is 10.3. The first kappa shape index (κ1) is 13.9. The van der Waals surface area contributed by atoms with Crippen molar-refractivity contribution < 1.29 is 32.3 Å². The fraction of sp³-hybridized carbons (Fsp3) is 0.375. The Kier molecular flexibility index (Phi) is 3.89. The number of nitrogens with one attached hydrogen (secondary N) is 1. The molecule has 0 unspecified atom stereocenters. The van der Waals surface area contributed by atoms with Crippen LogP contribution in [-0.4, -0.2) is 39.1 Å². The van der Waals surface area contributed by atoms with Gasteiger partial charge in [-0.05, 0) is 0 Å². The number of carboxylic acid groups (broad SMARTS) is 1. The third-order valence-corrected chi connectivity index (χ3v) is 1.77. The first-order valence-electron chi connectivity index (χ1n) is 4.45. The number of carbonyl (C=O) groups is 2. The monoisotopic (exact) mass is 269 g/mol. The van der Waals surface area contributed by atoms with Crippen molar-refractivity contribution in [1.82, 2.24) is 9.78 Å². The Hall–Kier alpha value is -2.13. The largest absolute Gasteiger partial charge is 0.480 e. The molecule has 0 aromatic carbocycles. The minimum atomic E-state index is -4.82. The number of aliphatic carboxylic acids is 1. The number of rotatable bonds is 5. The molecule has 2 N–H and O–H groups in total. The number of alkyl halides is 4. The maximum Gasteiger partial charge on any atom is 0.383 e. The van der Waals surface area contributed by atoms with Crippen molar-refractivity contribution in [2.24, 2.45) is 0 Å². The highest BCUT2D eigenvalue weighted by atomic mass is 19.3. The molecule has 0 radical (unpaired) electrons. The normalized spacial score (nSPS) is 11.6. The number of anilines is 1. The molecule has 0 fully saturated rings. The van der Waals surface area contributed by atoms with Crippen molar-refractivity contribution in [2.75, 3.05) is 5.32 Å². The van der Waals surface area contributed by atoms with Crippen LogP contribution in [0.4, 0.5) is 23.2 Å². The maximum atomic E-state index is 12.6. The van der Waals surface area contributed by atoms with Gasteiger partial charge in [0.2, 0.25) is 0 Å². The molecule has 1 rings (SSSR count). The van der Waals surface area contributed by atoms with E-state index in [9.17, 15) is 27.2 Å². The van der Waals surface area contributed by atoms with Crippen LogP contribution in [0.2, 0.25) is 0 Å². The third kappa shape index (κ3) is 3.18. The fourth-order valence-corrected chi connectivity index (χ4v) is 0.967. The number of aromatic nitrogens is 2. The summed E-state index contributed by atoms with van der Waals surface area (Å²) in [6.45, 7) is -0.554. The Morgan fingerprint density at radius 1 is 1.50 bits per heavy atom. The second-order valence-electron chi connectivity index (χ2n) is 3.20. The molecule has 1 aromatic heterocycles. The molecule has 1 amide bonds. The van der Waals surface area contributed by atoms with Crippen molar-refractivity contribution in [3.8, 4) is 0 Å². The first-order valence-corrected chi connectivity index (χ1v) is 4.45. The summed E-state index contributed by atoms with van der Waals surface area (Å²) in [7, 11) is 0. The van der Waals surface area contributed by atoms with Crippen LogP contribution < -0.4 is 5.32 Å². The minimum Gasteiger partial charge on any atom is -0.480 e. The van der Waals surface area contributed by atoms with Crippen molar-refractivity contribution >= 4 is 17.6 Å². The Balaban J connectivity index is 2.71. The van der Waals surface area contributed by atoms with Gasteiger partial charge >= 0.3 is 24.2 Å². The van der Waals surface area contributed by atoms with Gasteiger partial charge < -0.3 is 10.4 Å². The van der Waals surface area contributed by atoms with Gasteiger partial charge in [0.05, 0.1) is 11.9 Å². The summed E-state index contributed by atoms with van der Waals surface area (Å²) in [5, 5.41) is 13.3. The number of hydrogen-bond donors (Lipinski definition) is 2. The Bertz CT molecular complexity index is 460. The molecule has 1 heterocycles. The highest BCUT2D eigenvalue weighted by Gasteiger charge is 2.49. The van der Waals surface area contributed by atoms with Crippen LogP contribution >= 0.6 is 0 Å². The number of carbonyl (C=O) groups excluding carboxylic acids is 1. The lowest BCUT2D eigenvalue weighted by molar-refractivity contribution is -0.163. The molecule has 18 heavy (non-hydrogen) atoms. The van der Waals surface area contributed by atoms with E-state index in [4.69, 9.17) is 5.11 Å². The fourth-order valence-electron chi connectivity index (χ4n) is 0.967. The standard InChI is InChI=1S/C8H7F4N3O3/c9-6(10)8(11,12)7(18)14-4-1-13-15(2-4)3-5(16)17/h1-2,6H,3H2,(H,14,18)(H,16,17). The number of hydrogen-bond acceptors (Lipinski definition) is 3. The molecule has 100 valence electrons. The lowest BCUT2D eigenvalue weighted by Gasteiger charge is -2.13. The molecule has 0 saturated heterocycles. The minimum absolute atomic E-state index is 0.304. The maximum absolute atomic E-state index is 12.6. The molecule has 0 spiro atoms. The van der Waals surface area contributed by atoms with E-state index >= 15 is 0 Å². The quantitative estimate of drug-likeness (QED) is 0.774. The van der Waals surface area contributed by atoms with Crippen LogP contribution in [0.25, 0.3) is 0 Å². The van der Waals surface area contributed by atoms with E-state index in [0.717, 1.165) is 17.1 Å². The molecular formula is C8H7F4N3O3. The van der Waals surface area contributed by atoms with E-state index in [-0.39, 0.29) is 5.69 Å². The summed E-state index contributed by atoms with van der Waals surface area (Å²) in [6.07, 6.45) is -2.35. The summed E-state index contributed by atoms with van der Waals surface area (Å²) in [5.74, 6) is -8.25. The molecule has 10 heteroatoms. The predicted octanol–water partition coefficient (Wildman–Crippen LogP) is 0.807. The lowest BCUT2D eigenvalue weighted by Crippen LogP contribution is -2.40. The summed E-state index contributed by atoms with van der Waals surface area (Å²) >= 11 is 0. The molecule has 6 nitrogen and oxygen atoms in total. The summed E-state index contributed by atoms with van der Waals surface area (Å²) < 4.78 is 49.6. The topological polar surface area (TPSA) is 84.2 Å². The summed E-state index contributed by atoms with van der Waals surface area (Å²) in [6, 6.07) is 0. The van der Waals surface area contributed by atoms with Crippen LogP contribution in [0.3, 0.4) is 0 Å². The van der Waals surface area contributed by atoms with Crippen LogP contribution in [0, 0.1) is 0 Å². The van der Waals surface area contributed by atoms with Crippen molar-refractivity contribution in [3.05, 3.63) is 12.4 Å². The van der Waals surface area contributed by atoms with E-state index in [0.29, 0.717) is 0 Å². The number of carboxylic acids is 1. The van der Waals surface area contributed by atoms with Gasteiger partial charge in [0, 0.05) is 6.20 Å². The van der Waals surface area contributed by atoms with Gasteiger partial charge in [-0.2, -0.15) is 13.9 Å². The van der Waals surface area contributed by atoms with Gasteiger partial charge in [0.15, 0.2) is 0 Å². The Morgan fingerprint density at radius 3 is 2.61 bits per heavy atom. The summed E-state index contributed by atoms with van der Waals surface area (Å²) in [5.41, 5.74) is -0.304. The van der Waals surface area contributed by atoms with Gasteiger partial charge in [-0.1, -0.05) is 0 Å². The second kappa shape index (κ2) is 5.02. The van der Waals surface area contributed by atoms with Crippen LogP contribution in [0.15, 0.2) is 12.4 Å². The van der Waals surface area contributed by atoms with Crippen molar-refractivity contribution in [2.45, 2.75) is 18.9 Å². The van der Waals surface area contributed by atoms with E-state index in [2.05, 4.69) is 5.10 Å². The molecule has 0 aliphatic rings. The van der Waals surface area contributed by atoms with Gasteiger partial charge in [0.25, 0.3) is 0 Å². The Labute approximate surface area is 97.2 Å². The molecule has 0 saturated carbocycles. The summed E-state index contributed by atoms with van der Waals surface area (Å²) in [4.78, 5) is 21.1. The molecule has 0 atom stereocenters. The number of halogens is 4. The SMILES string of the molecule is O=C(O)Cn1cc(NC(=O)C(F)(F)C(F)F)cn1. The predicted molar refractivity (Wildman–Crippen MR) is 49.4 cm³/mol. The zero-order valence-corrected chi connectivity index (χ0v) is 8.61. The van der Waals surface area contributed by atoms with Gasteiger partial charge in [-0.25, -0.2) is 8.78 Å². The highest BCUT2D eigenvalue weighted by molar-refractivity contribution is 5.96. The van der Waals surface area contributed by atoms with E-state index in [1.54, 1.807) is 0 Å². The molecule has 0 aliphatic carbocycles. The van der Waals surface area contributed by atoms with Gasteiger partial charge in [0.1, 0.15) is 6.54 Å². The van der Waals surface area contributed by atoms with Crippen LogP contribution in [-0.2, 0) is 16.1 Å². The second-order valence-corrected chi connectivity index (χ2v) is 3.20. The first-order chi connectivity index (χ1) is 8.23. The van der Waals surface area contributed by atoms with E-state index in [1.807, 2.05) is 0 Å². The number of nitrogens with zero attached hydrogens (tertiary/aromatic N) is 2. The van der Waals surface area contributed by atoms with Crippen LogP contribution in [0.1, 0.15) is 0 Å². The van der Waals surface area contributed by atoms with E-state index in [1.165, 1.54) is 5.32 Å². The zero-order chi connectivity index (χ0) is 13.9. The van der Waals surface area contributed by atoms with Gasteiger partial charge in [-0.3, -0.25) is 14.3 Å². The van der Waals surface area contributed by atoms with Crippen LogP contribution in [0.5, 0.6) is 0 Å². The highest BCUT2D eigenvalue weighted by Crippen LogP contribution is 2.24. The average Bonchev–Trinajstić information content (AvgIpc) is 2.64. The molecular weight excluding hydrogens is 262 g/mol.